The summed E-state index contributed by atoms with van der Waals surface area (Å²) in [5, 5.41) is 7.97. The van der Waals surface area contributed by atoms with Gasteiger partial charge in [0.25, 0.3) is 0 Å². The van der Waals surface area contributed by atoms with Gasteiger partial charge in [-0.3, -0.25) is 4.79 Å². The molecule has 116 valence electrons. The molecule has 1 aromatic heterocycles. The van der Waals surface area contributed by atoms with Gasteiger partial charge < -0.3 is 5.32 Å². The van der Waals surface area contributed by atoms with Crippen molar-refractivity contribution in [3.8, 4) is 5.69 Å². The molecule has 6 heteroatoms. The number of amides is 1. The molecule has 2 aromatic carbocycles. The Balaban J connectivity index is 1.68. The summed E-state index contributed by atoms with van der Waals surface area (Å²) in [4.78, 5) is 12.1. The van der Waals surface area contributed by atoms with Gasteiger partial charge >= 0.3 is 0 Å². The average molecular weight is 346 g/mol. The van der Waals surface area contributed by atoms with E-state index < -0.39 is 0 Å². The Bertz CT molecular complexity index is 831. The zero-order valence-electron chi connectivity index (χ0n) is 12.0. The van der Waals surface area contributed by atoms with Crippen molar-refractivity contribution in [2.24, 2.45) is 0 Å². The van der Waals surface area contributed by atoms with Crippen molar-refractivity contribution in [3.63, 3.8) is 0 Å². The molecule has 3 aromatic rings. The molecule has 0 radical (unpaired) electrons. The van der Waals surface area contributed by atoms with E-state index >= 15 is 0 Å². The highest BCUT2D eigenvalue weighted by molar-refractivity contribution is 6.36. The van der Waals surface area contributed by atoms with E-state index in [0.717, 1.165) is 11.3 Å². The van der Waals surface area contributed by atoms with Crippen LogP contribution in [0.15, 0.2) is 60.9 Å². The molecule has 0 atom stereocenters. The van der Waals surface area contributed by atoms with Crippen LogP contribution >= 0.6 is 23.2 Å². The van der Waals surface area contributed by atoms with Crippen LogP contribution in [-0.2, 0) is 11.2 Å². The number of halogens is 2. The lowest BCUT2D eigenvalue weighted by molar-refractivity contribution is -0.115. The molecule has 3 rings (SSSR count). The number of benzene rings is 2. The molecule has 0 saturated heterocycles. The van der Waals surface area contributed by atoms with Crippen molar-refractivity contribution in [1.29, 1.82) is 0 Å². The van der Waals surface area contributed by atoms with Crippen LogP contribution in [0.1, 0.15) is 5.56 Å². The van der Waals surface area contributed by atoms with E-state index in [2.05, 4.69) is 10.4 Å². The Morgan fingerprint density at radius 2 is 1.91 bits per heavy atom. The molecule has 0 saturated carbocycles. The highest BCUT2D eigenvalue weighted by Gasteiger charge is 2.09. The van der Waals surface area contributed by atoms with Gasteiger partial charge in [-0.15, -0.1) is 0 Å². The molecule has 0 aliphatic carbocycles. The number of carbonyl (C=O) groups excluding carboxylic acids is 1. The van der Waals surface area contributed by atoms with E-state index in [4.69, 9.17) is 23.2 Å². The first-order chi connectivity index (χ1) is 11.1. The van der Waals surface area contributed by atoms with Crippen LogP contribution in [0.4, 0.5) is 5.69 Å². The summed E-state index contributed by atoms with van der Waals surface area (Å²) in [6, 6.07) is 14.7. The summed E-state index contributed by atoms with van der Waals surface area (Å²) in [7, 11) is 0. The summed E-state index contributed by atoms with van der Waals surface area (Å²) in [5.41, 5.74) is 2.30. The van der Waals surface area contributed by atoms with E-state index in [0.29, 0.717) is 15.7 Å². The van der Waals surface area contributed by atoms with Crippen molar-refractivity contribution in [1.82, 2.24) is 9.78 Å². The van der Waals surface area contributed by atoms with Gasteiger partial charge in [0, 0.05) is 11.2 Å². The third-order valence-electron chi connectivity index (χ3n) is 3.23. The number of hydrogen-bond donors (Lipinski definition) is 1. The molecule has 0 fully saturated rings. The summed E-state index contributed by atoms with van der Waals surface area (Å²) in [6.07, 6.45) is 3.72. The van der Waals surface area contributed by atoms with Crippen molar-refractivity contribution < 1.29 is 4.79 Å². The molecule has 0 aliphatic rings. The monoisotopic (exact) mass is 345 g/mol. The predicted molar refractivity (Wildman–Crippen MR) is 92.4 cm³/mol. The lowest BCUT2D eigenvalue weighted by Gasteiger charge is -2.06. The molecule has 1 amide bonds. The van der Waals surface area contributed by atoms with Crippen molar-refractivity contribution in [2.45, 2.75) is 6.42 Å². The number of rotatable bonds is 4. The number of aromatic nitrogens is 2. The molecular weight excluding hydrogens is 333 g/mol. The number of nitrogens with one attached hydrogen (secondary N) is 1. The summed E-state index contributed by atoms with van der Waals surface area (Å²) < 4.78 is 1.73. The van der Waals surface area contributed by atoms with Crippen molar-refractivity contribution >= 4 is 34.8 Å². The van der Waals surface area contributed by atoms with Crippen molar-refractivity contribution in [2.75, 3.05) is 5.32 Å². The predicted octanol–water partition coefficient (Wildman–Crippen LogP) is 4.36. The minimum atomic E-state index is -0.165. The Kier molecular flexibility index (Phi) is 4.65. The Morgan fingerprint density at radius 1 is 1.13 bits per heavy atom. The summed E-state index contributed by atoms with van der Waals surface area (Å²) in [6.45, 7) is 0. The number of anilines is 1. The first kappa shape index (κ1) is 15.6. The largest absolute Gasteiger partial charge is 0.324 e. The minimum absolute atomic E-state index is 0.165. The van der Waals surface area contributed by atoms with E-state index in [-0.39, 0.29) is 12.3 Å². The maximum atomic E-state index is 12.1. The van der Waals surface area contributed by atoms with E-state index in [9.17, 15) is 4.79 Å². The lowest BCUT2D eigenvalue weighted by atomic mass is 10.2. The first-order valence-corrected chi connectivity index (χ1v) is 7.71. The molecular formula is C17H13Cl2N3O. The zero-order valence-corrected chi connectivity index (χ0v) is 13.6. The van der Waals surface area contributed by atoms with Crippen LogP contribution in [0.5, 0.6) is 0 Å². The molecule has 0 unspecified atom stereocenters. The van der Waals surface area contributed by atoms with Crippen LogP contribution in [-0.4, -0.2) is 15.7 Å². The molecule has 1 heterocycles. The molecule has 0 bridgehead atoms. The second-order valence-electron chi connectivity index (χ2n) is 4.98. The Hall–Kier alpha value is -2.30. The van der Waals surface area contributed by atoms with Gasteiger partial charge in [-0.05, 0) is 35.9 Å². The third kappa shape index (κ3) is 3.92. The topological polar surface area (TPSA) is 46.9 Å². The Morgan fingerprint density at radius 3 is 2.65 bits per heavy atom. The van der Waals surface area contributed by atoms with Gasteiger partial charge in [0.2, 0.25) is 5.91 Å². The number of carbonyl (C=O) groups is 1. The fourth-order valence-corrected chi connectivity index (χ4v) is 2.60. The molecule has 0 aliphatic heterocycles. The van der Waals surface area contributed by atoms with Crippen LogP contribution in [0.3, 0.4) is 0 Å². The van der Waals surface area contributed by atoms with Crippen LogP contribution < -0.4 is 5.32 Å². The average Bonchev–Trinajstić information content (AvgIpc) is 2.99. The maximum Gasteiger partial charge on any atom is 0.228 e. The van der Waals surface area contributed by atoms with Crippen molar-refractivity contribution in [3.05, 3.63) is 76.5 Å². The van der Waals surface area contributed by atoms with E-state index in [1.165, 1.54) is 0 Å². The normalized spacial score (nSPS) is 10.5. The fraction of sp³-hybridized carbons (Fsp3) is 0.0588. The highest BCUT2D eigenvalue weighted by atomic mass is 35.5. The van der Waals surface area contributed by atoms with Gasteiger partial charge in [0.1, 0.15) is 0 Å². The number of hydrogen-bond acceptors (Lipinski definition) is 2. The summed E-state index contributed by atoms with van der Waals surface area (Å²) in [5.74, 6) is -0.165. The van der Waals surface area contributed by atoms with Crippen LogP contribution in [0, 0.1) is 0 Å². The molecule has 0 spiro atoms. The Labute approximate surface area is 143 Å². The molecule has 23 heavy (non-hydrogen) atoms. The van der Waals surface area contributed by atoms with Crippen LogP contribution in [0.25, 0.3) is 5.69 Å². The lowest BCUT2D eigenvalue weighted by Crippen LogP contribution is -2.14. The zero-order chi connectivity index (χ0) is 16.2. The first-order valence-electron chi connectivity index (χ1n) is 6.96. The third-order valence-corrected chi connectivity index (χ3v) is 3.77. The van der Waals surface area contributed by atoms with Gasteiger partial charge in [0.15, 0.2) is 0 Å². The molecule has 1 N–H and O–H groups in total. The molecule has 4 nitrogen and oxygen atoms in total. The smallest absolute Gasteiger partial charge is 0.228 e. The quantitative estimate of drug-likeness (QED) is 0.763. The maximum absolute atomic E-state index is 12.1. The van der Waals surface area contributed by atoms with Crippen LogP contribution in [0.2, 0.25) is 10.0 Å². The standard InChI is InChI=1S/C17H13Cl2N3O/c18-13-6-7-16(15(19)9-13)21-17(23)8-12-10-20-22(11-12)14-4-2-1-3-5-14/h1-7,9-11H,8H2,(H,21,23). The summed E-state index contributed by atoms with van der Waals surface area (Å²) >= 11 is 11.9. The second-order valence-corrected chi connectivity index (χ2v) is 5.82. The van der Waals surface area contributed by atoms with E-state index in [1.54, 1.807) is 29.1 Å². The SMILES string of the molecule is O=C(Cc1cnn(-c2ccccc2)c1)Nc1ccc(Cl)cc1Cl. The number of para-hydroxylation sites is 1. The minimum Gasteiger partial charge on any atom is -0.324 e. The number of nitrogens with zero attached hydrogens (tertiary/aromatic N) is 2. The highest BCUT2D eigenvalue weighted by Crippen LogP contribution is 2.25. The van der Waals surface area contributed by atoms with Gasteiger partial charge in [0.05, 0.1) is 29.0 Å². The van der Waals surface area contributed by atoms with E-state index in [1.807, 2.05) is 36.5 Å². The van der Waals surface area contributed by atoms with Gasteiger partial charge in [-0.2, -0.15) is 5.10 Å². The second kappa shape index (κ2) is 6.86. The fourth-order valence-electron chi connectivity index (χ4n) is 2.14. The van der Waals surface area contributed by atoms with Gasteiger partial charge in [-0.1, -0.05) is 41.4 Å². The van der Waals surface area contributed by atoms with Gasteiger partial charge in [-0.25, -0.2) is 4.68 Å².